The Morgan fingerprint density at radius 3 is 2.48 bits per heavy atom. The summed E-state index contributed by atoms with van der Waals surface area (Å²) in [6.07, 6.45) is 4.89. The molecule has 5 nitrogen and oxygen atoms in total. The number of likely N-dealkylation sites (N-methyl/N-ethyl adjacent to an activating group) is 2. The highest BCUT2D eigenvalue weighted by Crippen LogP contribution is 2.26. The maximum Gasteiger partial charge on any atom is 0.244 e. The third kappa shape index (κ3) is 4.24. The van der Waals surface area contributed by atoms with Crippen LogP contribution < -0.4 is 0 Å². The minimum absolute atomic E-state index is 0.0455. The standard InChI is InChI=1S/C16H22ClN3O2S/c1-19(14-5-3-4-6-14)9-10-20(2)23(21,22)16-8-7-13(12-18)11-15(16)17/h7-8,11,14H,3-6,9-10H2,1-2H3. The molecule has 7 heteroatoms. The predicted octanol–water partition coefficient (Wildman–Crippen LogP) is 2.71. The first-order chi connectivity index (χ1) is 10.9. The third-order valence-electron chi connectivity index (χ3n) is 4.46. The number of halogens is 1. The Morgan fingerprint density at radius 1 is 1.26 bits per heavy atom. The van der Waals surface area contributed by atoms with Gasteiger partial charge < -0.3 is 4.90 Å². The average Bonchev–Trinajstić information content (AvgIpc) is 3.06. The van der Waals surface area contributed by atoms with E-state index in [1.165, 1.54) is 48.2 Å². The molecule has 23 heavy (non-hydrogen) atoms. The van der Waals surface area contributed by atoms with Crippen molar-refractivity contribution in [2.24, 2.45) is 0 Å². The largest absolute Gasteiger partial charge is 0.302 e. The SMILES string of the molecule is CN(CCN(C)S(=O)(=O)c1ccc(C#N)cc1Cl)C1CCCC1. The van der Waals surface area contributed by atoms with E-state index >= 15 is 0 Å². The lowest BCUT2D eigenvalue weighted by atomic mass is 10.2. The second-order valence-corrected chi connectivity index (χ2v) is 8.42. The quantitative estimate of drug-likeness (QED) is 0.787. The van der Waals surface area contributed by atoms with Gasteiger partial charge in [-0.05, 0) is 38.1 Å². The summed E-state index contributed by atoms with van der Waals surface area (Å²) in [5, 5.41) is 8.92. The van der Waals surface area contributed by atoms with Crippen molar-refractivity contribution in [1.82, 2.24) is 9.21 Å². The Hall–Kier alpha value is -1.13. The summed E-state index contributed by atoms with van der Waals surface area (Å²) in [6.45, 7) is 1.10. The molecule has 0 bridgehead atoms. The second-order valence-electron chi connectivity index (χ2n) is 6.00. The first-order valence-electron chi connectivity index (χ1n) is 7.72. The lowest BCUT2D eigenvalue weighted by molar-refractivity contribution is 0.233. The molecule has 0 radical (unpaired) electrons. The topological polar surface area (TPSA) is 64.4 Å². The molecule has 1 aliphatic rings. The summed E-state index contributed by atoms with van der Waals surface area (Å²) in [5.41, 5.74) is 0.345. The summed E-state index contributed by atoms with van der Waals surface area (Å²) in [4.78, 5) is 2.28. The van der Waals surface area contributed by atoms with Crippen LogP contribution >= 0.6 is 11.6 Å². The highest BCUT2D eigenvalue weighted by atomic mass is 35.5. The molecule has 1 fully saturated rings. The van der Waals surface area contributed by atoms with E-state index in [1.54, 1.807) is 7.05 Å². The van der Waals surface area contributed by atoms with E-state index in [0.29, 0.717) is 24.7 Å². The first-order valence-corrected chi connectivity index (χ1v) is 9.54. The van der Waals surface area contributed by atoms with Crippen molar-refractivity contribution in [3.05, 3.63) is 28.8 Å². The van der Waals surface area contributed by atoms with Gasteiger partial charge in [-0.25, -0.2) is 8.42 Å². The van der Waals surface area contributed by atoms with Crippen LogP contribution in [0.15, 0.2) is 23.1 Å². The molecule has 0 N–H and O–H groups in total. The minimum Gasteiger partial charge on any atom is -0.302 e. The predicted molar refractivity (Wildman–Crippen MR) is 90.9 cm³/mol. The van der Waals surface area contributed by atoms with Crippen LogP contribution in [0.1, 0.15) is 31.2 Å². The van der Waals surface area contributed by atoms with Crippen LogP contribution in [-0.4, -0.2) is 50.8 Å². The Morgan fingerprint density at radius 2 is 1.91 bits per heavy atom. The van der Waals surface area contributed by atoms with E-state index in [2.05, 4.69) is 4.90 Å². The van der Waals surface area contributed by atoms with Crippen LogP contribution in [0.5, 0.6) is 0 Å². The molecule has 0 atom stereocenters. The van der Waals surface area contributed by atoms with E-state index in [0.717, 1.165) is 0 Å². The van der Waals surface area contributed by atoms with E-state index in [-0.39, 0.29) is 9.92 Å². The van der Waals surface area contributed by atoms with E-state index in [4.69, 9.17) is 16.9 Å². The van der Waals surface area contributed by atoms with Crippen molar-refractivity contribution in [2.75, 3.05) is 27.2 Å². The van der Waals surface area contributed by atoms with Crippen molar-refractivity contribution >= 4 is 21.6 Å². The highest BCUT2D eigenvalue weighted by Gasteiger charge is 2.25. The fourth-order valence-electron chi connectivity index (χ4n) is 2.89. The van der Waals surface area contributed by atoms with Crippen LogP contribution in [0.4, 0.5) is 0 Å². The monoisotopic (exact) mass is 355 g/mol. The van der Waals surface area contributed by atoms with E-state index in [9.17, 15) is 8.42 Å². The van der Waals surface area contributed by atoms with Gasteiger partial charge in [0.05, 0.1) is 16.7 Å². The molecule has 1 aromatic rings. The first kappa shape index (κ1) is 18.2. The lowest BCUT2D eigenvalue weighted by Gasteiger charge is -2.26. The molecule has 0 unspecified atom stereocenters. The molecule has 0 saturated heterocycles. The lowest BCUT2D eigenvalue weighted by Crippen LogP contribution is -2.38. The molecule has 0 spiro atoms. The van der Waals surface area contributed by atoms with Crippen molar-refractivity contribution < 1.29 is 8.42 Å². The maximum absolute atomic E-state index is 12.6. The molecule has 0 aromatic heterocycles. The van der Waals surface area contributed by atoms with Gasteiger partial charge >= 0.3 is 0 Å². The van der Waals surface area contributed by atoms with Gasteiger partial charge in [0, 0.05) is 26.2 Å². The highest BCUT2D eigenvalue weighted by molar-refractivity contribution is 7.89. The Balaban J connectivity index is 2.05. The summed E-state index contributed by atoms with van der Waals surface area (Å²) < 4.78 is 26.6. The molecule has 0 aliphatic heterocycles. The van der Waals surface area contributed by atoms with Crippen molar-refractivity contribution in [1.29, 1.82) is 5.26 Å². The van der Waals surface area contributed by atoms with Gasteiger partial charge in [0.2, 0.25) is 10.0 Å². The average molecular weight is 356 g/mol. The molecular weight excluding hydrogens is 334 g/mol. The van der Waals surface area contributed by atoms with E-state index < -0.39 is 10.0 Å². The Kier molecular flexibility index (Phi) is 6.04. The van der Waals surface area contributed by atoms with Crippen molar-refractivity contribution in [2.45, 2.75) is 36.6 Å². The van der Waals surface area contributed by atoms with Gasteiger partial charge in [-0.1, -0.05) is 24.4 Å². The minimum atomic E-state index is -3.65. The molecule has 0 amide bonds. The number of hydrogen-bond donors (Lipinski definition) is 0. The summed E-state index contributed by atoms with van der Waals surface area (Å²) in [7, 11) is -0.0399. The van der Waals surface area contributed by atoms with Gasteiger partial charge in [0.15, 0.2) is 0 Å². The fraction of sp³-hybridized carbons (Fsp3) is 0.562. The van der Waals surface area contributed by atoms with Crippen molar-refractivity contribution in [3.8, 4) is 6.07 Å². The molecular formula is C16H22ClN3O2S. The number of nitrogens with zero attached hydrogens (tertiary/aromatic N) is 3. The van der Waals surface area contributed by atoms with Crippen molar-refractivity contribution in [3.63, 3.8) is 0 Å². The number of sulfonamides is 1. The number of nitriles is 1. The second kappa shape index (κ2) is 7.63. The molecule has 126 valence electrons. The zero-order chi connectivity index (χ0) is 17.0. The molecule has 0 heterocycles. The zero-order valence-corrected chi connectivity index (χ0v) is 15.1. The van der Waals surface area contributed by atoms with Gasteiger partial charge in [-0.2, -0.15) is 9.57 Å². The van der Waals surface area contributed by atoms with Crippen LogP contribution in [0.25, 0.3) is 0 Å². The summed E-state index contributed by atoms with van der Waals surface area (Å²) in [5.74, 6) is 0. The summed E-state index contributed by atoms with van der Waals surface area (Å²) in [6, 6.07) is 6.75. The number of hydrogen-bond acceptors (Lipinski definition) is 4. The smallest absolute Gasteiger partial charge is 0.244 e. The molecule has 2 rings (SSSR count). The van der Waals surface area contributed by atoms with Gasteiger partial charge in [-0.15, -0.1) is 0 Å². The maximum atomic E-state index is 12.6. The number of benzene rings is 1. The normalized spacial score (nSPS) is 16.2. The third-order valence-corrected chi connectivity index (χ3v) is 6.80. The Bertz CT molecular complexity index is 694. The molecule has 1 aliphatic carbocycles. The Labute approximate surface area is 143 Å². The molecule has 1 aromatic carbocycles. The number of rotatable bonds is 6. The fourth-order valence-corrected chi connectivity index (χ4v) is 4.57. The zero-order valence-electron chi connectivity index (χ0n) is 13.5. The summed E-state index contributed by atoms with van der Waals surface area (Å²) >= 11 is 6.04. The van der Waals surface area contributed by atoms with Gasteiger partial charge in [0.1, 0.15) is 4.90 Å². The van der Waals surface area contributed by atoms with Gasteiger partial charge in [0.25, 0.3) is 0 Å². The molecule has 1 saturated carbocycles. The van der Waals surface area contributed by atoms with E-state index in [1.807, 2.05) is 13.1 Å². The van der Waals surface area contributed by atoms with Crippen LogP contribution in [-0.2, 0) is 10.0 Å². The van der Waals surface area contributed by atoms with Crippen LogP contribution in [0.2, 0.25) is 5.02 Å². The van der Waals surface area contributed by atoms with Crippen LogP contribution in [0, 0.1) is 11.3 Å². The van der Waals surface area contributed by atoms with Gasteiger partial charge in [-0.3, -0.25) is 0 Å². The van der Waals surface area contributed by atoms with Crippen LogP contribution in [0.3, 0.4) is 0 Å².